The van der Waals surface area contributed by atoms with Gasteiger partial charge in [0.05, 0.1) is 23.5 Å². The van der Waals surface area contributed by atoms with Crippen molar-refractivity contribution in [3.05, 3.63) is 34.9 Å². The minimum Gasteiger partial charge on any atom is -0.334 e. The maximum Gasteiger partial charge on any atom is 0.273 e. The van der Waals surface area contributed by atoms with Crippen LogP contribution in [-0.4, -0.2) is 37.8 Å². The lowest BCUT2D eigenvalue weighted by molar-refractivity contribution is 0.0777. The number of hydrogen-bond donors (Lipinski definition) is 1. The summed E-state index contributed by atoms with van der Waals surface area (Å²) >= 11 is 5.82. The third-order valence-corrected chi connectivity index (χ3v) is 2.61. The van der Waals surface area contributed by atoms with Gasteiger partial charge in [-0.3, -0.25) is 14.6 Å². The van der Waals surface area contributed by atoms with Crippen molar-refractivity contribution >= 4 is 17.5 Å². The fourth-order valence-corrected chi connectivity index (χ4v) is 1.65. The van der Waals surface area contributed by atoms with Gasteiger partial charge in [0.2, 0.25) is 0 Å². The number of nitrogens with zero attached hydrogens (tertiary/aromatic N) is 4. The van der Waals surface area contributed by atoms with Crippen molar-refractivity contribution in [2.24, 2.45) is 7.05 Å². The van der Waals surface area contributed by atoms with Gasteiger partial charge in [0.1, 0.15) is 5.69 Å². The Morgan fingerprint density at radius 1 is 1.65 bits per heavy atom. The van der Waals surface area contributed by atoms with Crippen molar-refractivity contribution in [3.8, 4) is 0 Å². The van der Waals surface area contributed by atoms with E-state index in [1.54, 1.807) is 11.7 Å². The van der Waals surface area contributed by atoms with Crippen LogP contribution in [0, 0.1) is 0 Å². The van der Waals surface area contributed by atoms with Gasteiger partial charge >= 0.3 is 0 Å². The highest BCUT2D eigenvalue weighted by atomic mass is 35.5. The van der Waals surface area contributed by atoms with Crippen molar-refractivity contribution < 1.29 is 4.79 Å². The highest BCUT2D eigenvalue weighted by Gasteiger charge is 2.17. The topological polar surface area (TPSA) is 66.8 Å². The van der Waals surface area contributed by atoms with Crippen molar-refractivity contribution in [2.75, 3.05) is 7.05 Å². The number of aromatic amines is 1. The van der Waals surface area contributed by atoms with Gasteiger partial charge in [-0.05, 0) is 6.07 Å². The van der Waals surface area contributed by atoms with Crippen LogP contribution in [0.5, 0.6) is 0 Å². The normalized spacial score (nSPS) is 10.5. The molecule has 0 aliphatic heterocycles. The number of amides is 1. The molecule has 1 amide bonds. The second kappa shape index (κ2) is 4.58. The SMILES string of the molecule is CN(Cc1ccn(C)n1)C(=O)c1[nH]ncc1Cl. The van der Waals surface area contributed by atoms with Crippen LogP contribution < -0.4 is 0 Å². The summed E-state index contributed by atoms with van der Waals surface area (Å²) in [7, 11) is 3.52. The Hall–Kier alpha value is -1.82. The number of hydrogen-bond acceptors (Lipinski definition) is 3. The summed E-state index contributed by atoms with van der Waals surface area (Å²) in [6.07, 6.45) is 3.24. The number of H-pyrrole nitrogens is 1. The Balaban J connectivity index is 2.08. The third kappa shape index (κ3) is 2.47. The van der Waals surface area contributed by atoms with Crippen molar-refractivity contribution in [1.29, 1.82) is 0 Å². The average molecular weight is 254 g/mol. The number of aromatic nitrogens is 4. The summed E-state index contributed by atoms with van der Waals surface area (Å²) in [4.78, 5) is 13.5. The molecule has 90 valence electrons. The van der Waals surface area contributed by atoms with E-state index < -0.39 is 0 Å². The molecular weight excluding hydrogens is 242 g/mol. The maximum absolute atomic E-state index is 12.0. The van der Waals surface area contributed by atoms with Gasteiger partial charge in [-0.2, -0.15) is 10.2 Å². The standard InChI is InChI=1S/C10H12ClN5O/c1-15(6-7-3-4-16(2)14-7)10(17)9-8(11)5-12-13-9/h3-5H,6H2,1-2H3,(H,12,13). The molecule has 0 bridgehead atoms. The van der Waals surface area contributed by atoms with E-state index in [1.807, 2.05) is 19.3 Å². The number of nitrogens with one attached hydrogen (secondary N) is 1. The average Bonchev–Trinajstić information content (AvgIpc) is 2.86. The summed E-state index contributed by atoms with van der Waals surface area (Å²) in [5, 5.41) is 10.8. The molecule has 0 radical (unpaired) electrons. The fraction of sp³-hybridized carbons (Fsp3) is 0.300. The minimum absolute atomic E-state index is 0.210. The summed E-state index contributed by atoms with van der Waals surface area (Å²) in [5.74, 6) is -0.210. The number of rotatable bonds is 3. The van der Waals surface area contributed by atoms with Crippen molar-refractivity contribution in [2.45, 2.75) is 6.54 Å². The van der Waals surface area contributed by atoms with Crippen LogP contribution in [0.2, 0.25) is 5.02 Å². The number of aryl methyl sites for hydroxylation is 1. The van der Waals surface area contributed by atoms with Crippen LogP contribution in [0.1, 0.15) is 16.2 Å². The van der Waals surface area contributed by atoms with E-state index in [0.29, 0.717) is 17.3 Å². The quantitative estimate of drug-likeness (QED) is 0.890. The zero-order valence-electron chi connectivity index (χ0n) is 9.51. The highest BCUT2D eigenvalue weighted by Crippen LogP contribution is 2.14. The zero-order valence-corrected chi connectivity index (χ0v) is 10.3. The van der Waals surface area contributed by atoms with Gasteiger partial charge in [-0.25, -0.2) is 0 Å². The summed E-state index contributed by atoms with van der Waals surface area (Å²) in [6, 6.07) is 1.86. The largest absolute Gasteiger partial charge is 0.334 e. The monoisotopic (exact) mass is 253 g/mol. The summed E-state index contributed by atoms with van der Waals surface area (Å²) in [5.41, 5.74) is 1.11. The van der Waals surface area contributed by atoms with Crippen LogP contribution in [0.15, 0.2) is 18.5 Å². The van der Waals surface area contributed by atoms with E-state index in [4.69, 9.17) is 11.6 Å². The van der Waals surface area contributed by atoms with Crippen LogP contribution in [0.4, 0.5) is 0 Å². The molecule has 0 aliphatic carbocycles. The van der Waals surface area contributed by atoms with Gasteiger partial charge in [0.25, 0.3) is 5.91 Å². The number of carbonyl (C=O) groups is 1. The first-order chi connectivity index (χ1) is 8.08. The van der Waals surface area contributed by atoms with E-state index >= 15 is 0 Å². The lowest BCUT2D eigenvalue weighted by Gasteiger charge is -2.14. The van der Waals surface area contributed by atoms with E-state index in [9.17, 15) is 4.79 Å². The molecule has 2 aromatic heterocycles. The van der Waals surface area contributed by atoms with Crippen LogP contribution >= 0.6 is 11.6 Å². The molecule has 1 N–H and O–H groups in total. The molecule has 0 atom stereocenters. The predicted octanol–water partition coefficient (Wildman–Crippen LogP) is 1.07. The summed E-state index contributed by atoms with van der Waals surface area (Å²) in [6.45, 7) is 0.426. The summed E-state index contributed by atoms with van der Waals surface area (Å²) < 4.78 is 1.69. The molecule has 2 aromatic rings. The predicted molar refractivity (Wildman–Crippen MR) is 62.6 cm³/mol. The molecule has 7 heteroatoms. The Bertz CT molecular complexity index is 532. The molecule has 2 rings (SSSR count). The lowest BCUT2D eigenvalue weighted by Crippen LogP contribution is -2.27. The molecular formula is C10H12ClN5O. The van der Waals surface area contributed by atoms with Gasteiger partial charge in [-0.1, -0.05) is 11.6 Å². The Kier molecular flexibility index (Phi) is 3.14. The van der Waals surface area contributed by atoms with Crippen LogP contribution in [-0.2, 0) is 13.6 Å². The third-order valence-electron chi connectivity index (χ3n) is 2.32. The van der Waals surface area contributed by atoms with E-state index in [2.05, 4.69) is 15.3 Å². The van der Waals surface area contributed by atoms with E-state index in [1.165, 1.54) is 11.1 Å². The number of halogens is 1. The Labute approximate surface area is 103 Å². The molecule has 0 aliphatic rings. The molecule has 0 fully saturated rings. The first-order valence-electron chi connectivity index (χ1n) is 5.01. The van der Waals surface area contributed by atoms with Crippen molar-refractivity contribution in [1.82, 2.24) is 24.9 Å². The second-order valence-corrected chi connectivity index (χ2v) is 4.14. The van der Waals surface area contributed by atoms with Gasteiger partial charge in [0, 0.05) is 20.3 Å². The molecule has 0 saturated heterocycles. The molecule has 0 spiro atoms. The van der Waals surface area contributed by atoms with Crippen molar-refractivity contribution in [3.63, 3.8) is 0 Å². The lowest BCUT2D eigenvalue weighted by atomic mass is 10.3. The highest BCUT2D eigenvalue weighted by molar-refractivity contribution is 6.33. The molecule has 0 unspecified atom stereocenters. The molecule has 2 heterocycles. The van der Waals surface area contributed by atoms with E-state index in [0.717, 1.165) is 5.69 Å². The Morgan fingerprint density at radius 2 is 2.41 bits per heavy atom. The second-order valence-electron chi connectivity index (χ2n) is 3.73. The van der Waals surface area contributed by atoms with Gasteiger partial charge in [0.15, 0.2) is 0 Å². The van der Waals surface area contributed by atoms with Gasteiger partial charge < -0.3 is 4.90 Å². The number of carbonyl (C=O) groups excluding carboxylic acids is 1. The fourth-order valence-electron chi connectivity index (χ4n) is 1.47. The van der Waals surface area contributed by atoms with Crippen LogP contribution in [0.3, 0.4) is 0 Å². The zero-order chi connectivity index (χ0) is 12.4. The first kappa shape index (κ1) is 11.7. The smallest absolute Gasteiger partial charge is 0.273 e. The van der Waals surface area contributed by atoms with Crippen LogP contribution in [0.25, 0.3) is 0 Å². The molecule has 6 nitrogen and oxygen atoms in total. The molecule has 0 saturated carbocycles. The maximum atomic E-state index is 12.0. The Morgan fingerprint density at radius 3 is 2.94 bits per heavy atom. The van der Waals surface area contributed by atoms with E-state index in [-0.39, 0.29) is 5.91 Å². The minimum atomic E-state index is -0.210. The molecule has 0 aromatic carbocycles. The first-order valence-corrected chi connectivity index (χ1v) is 5.38. The molecule has 17 heavy (non-hydrogen) atoms. The van der Waals surface area contributed by atoms with Gasteiger partial charge in [-0.15, -0.1) is 0 Å².